The number of aromatic nitrogens is 3. The average Bonchev–Trinajstić information content (AvgIpc) is 3.69. The Hall–Kier alpha value is -5.80. The van der Waals surface area contributed by atoms with E-state index in [-0.39, 0.29) is 10.8 Å². The maximum atomic E-state index is 5.39. The number of hydrogen-bond donors (Lipinski definition) is 0. The van der Waals surface area contributed by atoms with E-state index in [1.54, 1.807) is 0 Å². The molecule has 6 aromatic carbocycles. The van der Waals surface area contributed by atoms with E-state index in [9.17, 15) is 0 Å². The van der Waals surface area contributed by atoms with Gasteiger partial charge in [-0.15, -0.1) is 0 Å². The van der Waals surface area contributed by atoms with Crippen molar-refractivity contribution in [3.63, 3.8) is 0 Å². The molecule has 10 rings (SSSR count). The van der Waals surface area contributed by atoms with E-state index in [2.05, 4.69) is 172 Å². The van der Waals surface area contributed by atoms with Crippen molar-refractivity contribution >= 4 is 21.8 Å². The minimum atomic E-state index is -0.248. The zero-order valence-corrected chi connectivity index (χ0v) is 28.1. The Labute approximate surface area is 286 Å². The van der Waals surface area contributed by atoms with Crippen LogP contribution in [0.4, 0.5) is 0 Å². The van der Waals surface area contributed by atoms with Crippen LogP contribution in [0, 0.1) is 0 Å². The number of para-hydroxylation sites is 1. The summed E-state index contributed by atoms with van der Waals surface area (Å²) in [5, 5.41) is 2.59. The molecule has 8 aromatic rings. The minimum absolute atomic E-state index is 0.0575. The monoisotopic (exact) mass is 629 g/mol. The first-order valence-corrected chi connectivity index (χ1v) is 17.2. The van der Waals surface area contributed by atoms with E-state index < -0.39 is 0 Å². The summed E-state index contributed by atoms with van der Waals surface area (Å²) in [5.41, 5.74) is 16.5. The van der Waals surface area contributed by atoms with Gasteiger partial charge in [0, 0.05) is 44.0 Å². The molecule has 2 aliphatic carbocycles. The Kier molecular flexibility index (Phi) is 5.69. The van der Waals surface area contributed by atoms with Crippen LogP contribution in [0.2, 0.25) is 0 Å². The fourth-order valence-corrected chi connectivity index (χ4v) is 8.79. The Morgan fingerprint density at radius 2 is 1.14 bits per heavy atom. The van der Waals surface area contributed by atoms with Gasteiger partial charge >= 0.3 is 0 Å². The predicted molar refractivity (Wildman–Crippen MR) is 202 cm³/mol. The number of nitrogens with zero attached hydrogens (tertiary/aromatic N) is 3. The van der Waals surface area contributed by atoms with Crippen molar-refractivity contribution in [2.45, 2.75) is 38.5 Å². The van der Waals surface area contributed by atoms with Crippen LogP contribution in [0.1, 0.15) is 50.1 Å². The molecule has 0 saturated heterocycles. The van der Waals surface area contributed by atoms with Crippen molar-refractivity contribution in [1.82, 2.24) is 14.5 Å². The molecule has 0 spiro atoms. The van der Waals surface area contributed by atoms with Crippen LogP contribution in [-0.2, 0) is 10.8 Å². The van der Waals surface area contributed by atoms with Crippen molar-refractivity contribution in [1.29, 1.82) is 0 Å². The van der Waals surface area contributed by atoms with Gasteiger partial charge in [-0.1, -0.05) is 143 Å². The maximum Gasteiger partial charge on any atom is 0.160 e. The van der Waals surface area contributed by atoms with Crippen LogP contribution in [0.5, 0.6) is 0 Å². The normalized spacial score (nSPS) is 14.9. The third-order valence-corrected chi connectivity index (χ3v) is 11.2. The highest BCUT2D eigenvalue weighted by atomic mass is 15.0. The number of fused-ring (bicyclic) bond motifs is 10. The second-order valence-corrected chi connectivity index (χ2v) is 14.6. The molecule has 0 N–H and O–H groups in total. The molecule has 0 amide bonds. The number of rotatable bonds is 3. The third kappa shape index (κ3) is 3.79. The van der Waals surface area contributed by atoms with E-state index in [0.717, 1.165) is 39.6 Å². The molecule has 3 nitrogen and oxygen atoms in total. The zero-order chi connectivity index (χ0) is 33.1. The molecular weight excluding hydrogens is 595 g/mol. The molecular formula is C46H35N3. The van der Waals surface area contributed by atoms with Gasteiger partial charge in [0.2, 0.25) is 0 Å². The summed E-state index contributed by atoms with van der Waals surface area (Å²) >= 11 is 0. The first-order valence-electron chi connectivity index (χ1n) is 17.2. The van der Waals surface area contributed by atoms with Gasteiger partial charge in [-0.2, -0.15) is 0 Å². The van der Waals surface area contributed by atoms with Crippen LogP contribution < -0.4 is 0 Å². The van der Waals surface area contributed by atoms with E-state index in [4.69, 9.17) is 9.97 Å². The molecule has 3 heteroatoms. The van der Waals surface area contributed by atoms with Crippen molar-refractivity contribution in [2.24, 2.45) is 0 Å². The van der Waals surface area contributed by atoms with Crippen molar-refractivity contribution in [3.8, 4) is 50.6 Å². The van der Waals surface area contributed by atoms with Gasteiger partial charge in [0.1, 0.15) is 0 Å². The van der Waals surface area contributed by atoms with Gasteiger partial charge < -0.3 is 4.57 Å². The first-order chi connectivity index (χ1) is 23.8. The molecule has 0 bridgehead atoms. The lowest BCUT2D eigenvalue weighted by Crippen LogP contribution is -2.17. The second kappa shape index (κ2) is 9.87. The van der Waals surface area contributed by atoms with Gasteiger partial charge in [0.25, 0.3) is 0 Å². The Bertz CT molecular complexity index is 2660. The molecule has 0 fully saturated rings. The van der Waals surface area contributed by atoms with E-state index in [0.29, 0.717) is 0 Å². The van der Waals surface area contributed by atoms with Gasteiger partial charge in [0.05, 0.1) is 22.4 Å². The first kappa shape index (κ1) is 28.2. The highest BCUT2D eigenvalue weighted by Gasteiger charge is 2.40. The molecule has 2 aromatic heterocycles. The van der Waals surface area contributed by atoms with Crippen LogP contribution in [-0.4, -0.2) is 14.5 Å². The fraction of sp³-hybridized carbons (Fsp3) is 0.130. The standard InChI is InChI=1S/C46H35N3/c1-45(2)34-22-11-8-19-31(34)39-36(45)25-26-38-40(39)33-21-10-13-24-37(33)49(38)30-18-14-17-29(27-30)44-47-42(28-15-6-5-7-16-28)41-32-20-9-12-23-35(32)46(3,4)43(41)48-44/h5-27H,1-4H3. The molecule has 2 heterocycles. The Morgan fingerprint density at radius 1 is 0.490 bits per heavy atom. The topological polar surface area (TPSA) is 30.7 Å². The summed E-state index contributed by atoms with van der Waals surface area (Å²) in [4.78, 5) is 10.8. The molecule has 0 unspecified atom stereocenters. The second-order valence-electron chi connectivity index (χ2n) is 14.6. The zero-order valence-electron chi connectivity index (χ0n) is 28.1. The number of benzene rings is 6. The van der Waals surface area contributed by atoms with E-state index >= 15 is 0 Å². The molecule has 0 atom stereocenters. The summed E-state index contributed by atoms with van der Waals surface area (Å²) in [6.45, 7) is 9.28. The predicted octanol–water partition coefficient (Wildman–Crippen LogP) is 11.5. The van der Waals surface area contributed by atoms with E-state index in [1.165, 1.54) is 55.2 Å². The quantitative estimate of drug-likeness (QED) is 0.195. The summed E-state index contributed by atoms with van der Waals surface area (Å²) in [7, 11) is 0. The SMILES string of the molecule is CC1(C)c2ccccc2-c2c1ccc1c2c2ccccc2n1-c1cccc(-c2nc(-c3ccccc3)c3c(n2)C(C)(C)c2ccccc2-3)c1. The minimum Gasteiger partial charge on any atom is -0.309 e. The summed E-state index contributed by atoms with van der Waals surface area (Å²) < 4.78 is 2.42. The summed E-state index contributed by atoms with van der Waals surface area (Å²) in [5.74, 6) is 0.748. The third-order valence-electron chi connectivity index (χ3n) is 11.2. The smallest absolute Gasteiger partial charge is 0.160 e. The van der Waals surface area contributed by atoms with Crippen LogP contribution >= 0.6 is 0 Å². The molecule has 0 saturated carbocycles. The summed E-state index contributed by atoms with van der Waals surface area (Å²) in [6, 6.07) is 50.5. The molecule has 0 radical (unpaired) electrons. The number of hydrogen-bond acceptors (Lipinski definition) is 2. The highest BCUT2D eigenvalue weighted by molar-refractivity contribution is 6.18. The van der Waals surface area contributed by atoms with Gasteiger partial charge in [-0.3, -0.25) is 0 Å². The van der Waals surface area contributed by atoms with Gasteiger partial charge in [-0.25, -0.2) is 9.97 Å². The van der Waals surface area contributed by atoms with Crippen LogP contribution in [0.15, 0.2) is 140 Å². The van der Waals surface area contributed by atoms with Crippen molar-refractivity contribution < 1.29 is 0 Å². The van der Waals surface area contributed by atoms with Crippen molar-refractivity contribution in [2.75, 3.05) is 0 Å². The Morgan fingerprint density at radius 3 is 1.94 bits per heavy atom. The van der Waals surface area contributed by atoms with Crippen LogP contribution in [0.3, 0.4) is 0 Å². The van der Waals surface area contributed by atoms with Gasteiger partial charge in [-0.05, 0) is 57.6 Å². The maximum absolute atomic E-state index is 5.39. The van der Waals surface area contributed by atoms with Crippen molar-refractivity contribution in [3.05, 3.63) is 162 Å². The molecule has 2 aliphatic rings. The summed E-state index contributed by atoms with van der Waals surface area (Å²) in [6.07, 6.45) is 0. The fourth-order valence-electron chi connectivity index (χ4n) is 8.79. The lowest BCUT2D eigenvalue weighted by atomic mass is 9.82. The molecule has 49 heavy (non-hydrogen) atoms. The Balaban J connectivity index is 1.22. The molecule has 0 aliphatic heterocycles. The van der Waals surface area contributed by atoms with Crippen LogP contribution in [0.25, 0.3) is 72.4 Å². The highest BCUT2D eigenvalue weighted by Crippen LogP contribution is 2.54. The molecule has 234 valence electrons. The average molecular weight is 630 g/mol. The lowest BCUT2D eigenvalue weighted by molar-refractivity contribution is 0.636. The van der Waals surface area contributed by atoms with E-state index in [1.807, 2.05) is 0 Å². The lowest BCUT2D eigenvalue weighted by Gasteiger charge is -2.21. The van der Waals surface area contributed by atoms with Gasteiger partial charge in [0.15, 0.2) is 5.82 Å². The largest absolute Gasteiger partial charge is 0.309 e.